The van der Waals surface area contributed by atoms with E-state index in [1.165, 1.54) is 6.07 Å². The fourth-order valence-electron chi connectivity index (χ4n) is 4.12. The Balaban J connectivity index is 1.65. The molecule has 8 heteroatoms. The third-order valence-corrected chi connectivity index (χ3v) is 5.98. The molecule has 0 radical (unpaired) electrons. The van der Waals surface area contributed by atoms with Crippen LogP contribution in [0.2, 0.25) is 0 Å². The van der Waals surface area contributed by atoms with Crippen molar-refractivity contribution in [2.24, 2.45) is 0 Å². The molecule has 2 aromatic carbocycles. The summed E-state index contributed by atoms with van der Waals surface area (Å²) in [4.78, 5) is 23.6. The number of benzene rings is 2. The maximum absolute atomic E-state index is 14.5. The van der Waals surface area contributed by atoms with Crippen LogP contribution in [0.1, 0.15) is 23.2 Å². The number of hydrogen-bond donors (Lipinski definition) is 1. The SMILES string of the molecule is COc1ccc(OC)c(NC(=O)N2CC[C@](c3ccc(C)c(F)c3)(c3cnccn3)C2)c1. The van der Waals surface area contributed by atoms with Crippen LogP contribution >= 0.6 is 0 Å². The van der Waals surface area contributed by atoms with Crippen molar-refractivity contribution < 1.29 is 18.7 Å². The minimum absolute atomic E-state index is 0.282. The number of aromatic nitrogens is 2. The number of rotatable bonds is 5. The summed E-state index contributed by atoms with van der Waals surface area (Å²) in [6, 6.07) is 10.1. The van der Waals surface area contributed by atoms with Crippen molar-refractivity contribution in [2.75, 3.05) is 32.6 Å². The van der Waals surface area contributed by atoms with Gasteiger partial charge in [-0.15, -0.1) is 0 Å². The van der Waals surface area contributed by atoms with E-state index in [1.54, 1.807) is 68.9 Å². The highest BCUT2D eigenvalue weighted by Gasteiger charge is 2.44. The molecule has 0 spiro atoms. The summed E-state index contributed by atoms with van der Waals surface area (Å²) in [5, 5.41) is 2.91. The van der Waals surface area contributed by atoms with E-state index < -0.39 is 5.41 Å². The zero-order valence-corrected chi connectivity index (χ0v) is 18.3. The number of nitrogens with zero attached hydrogens (tertiary/aromatic N) is 3. The molecule has 1 aliphatic heterocycles. The number of likely N-dealkylation sites (tertiary alicyclic amines) is 1. The van der Waals surface area contributed by atoms with Gasteiger partial charge in [0.15, 0.2) is 0 Å². The van der Waals surface area contributed by atoms with E-state index in [0.717, 1.165) is 5.56 Å². The summed E-state index contributed by atoms with van der Waals surface area (Å²) in [6.45, 7) is 2.54. The van der Waals surface area contributed by atoms with Gasteiger partial charge in [0, 0.05) is 37.7 Å². The van der Waals surface area contributed by atoms with E-state index in [1.807, 2.05) is 6.07 Å². The van der Waals surface area contributed by atoms with E-state index in [0.29, 0.717) is 48.0 Å². The maximum Gasteiger partial charge on any atom is 0.321 e. The Morgan fingerprint density at radius 2 is 2.00 bits per heavy atom. The Morgan fingerprint density at radius 3 is 2.69 bits per heavy atom. The molecule has 7 nitrogen and oxygen atoms in total. The van der Waals surface area contributed by atoms with Crippen molar-refractivity contribution in [1.29, 1.82) is 0 Å². The molecule has 1 aliphatic rings. The summed E-state index contributed by atoms with van der Waals surface area (Å²) in [5.41, 5.74) is 1.90. The first-order chi connectivity index (χ1) is 15.5. The minimum Gasteiger partial charge on any atom is -0.497 e. The van der Waals surface area contributed by atoms with Crippen LogP contribution in [0.5, 0.6) is 11.5 Å². The predicted molar refractivity (Wildman–Crippen MR) is 119 cm³/mol. The largest absolute Gasteiger partial charge is 0.497 e. The van der Waals surface area contributed by atoms with E-state index in [2.05, 4.69) is 15.3 Å². The molecule has 1 aromatic heterocycles. The predicted octanol–water partition coefficient (Wildman–Crippen LogP) is 4.17. The van der Waals surface area contributed by atoms with Crippen LogP contribution in [-0.2, 0) is 5.41 Å². The molecule has 1 saturated heterocycles. The second-order valence-corrected chi connectivity index (χ2v) is 7.80. The molecule has 4 rings (SSSR count). The summed E-state index contributed by atoms with van der Waals surface area (Å²) >= 11 is 0. The van der Waals surface area contributed by atoms with E-state index in [4.69, 9.17) is 9.47 Å². The molecule has 0 saturated carbocycles. The van der Waals surface area contributed by atoms with Crippen molar-refractivity contribution in [2.45, 2.75) is 18.8 Å². The number of nitrogens with one attached hydrogen (secondary N) is 1. The van der Waals surface area contributed by atoms with Crippen LogP contribution in [0, 0.1) is 12.7 Å². The molecule has 2 amide bonds. The van der Waals surface area contributed by atoms with Crippen molar-refractivity contribution >= 4 is 11.7 Å². The third kappa shape index (κ3) is 3.95. The number of urea groups is 1. The monoisotopic (exact) mass is 436 g/mol. The molecule has 2 heterocycles. The summed E-state index contributed by atoms with van der Waals surface area (Å²) < 4.78 is 25.1. The van der Waals surface area contributed by atoms with Crippen LogP contribution in [0.15, 0.2) is 55.0 Å². The van der Waals surface area contributed by atoms with Gasteiger partial charge in [0.2, 0.25) is 0 Å². The van der Waals surface area contributed by atoms with E-state index in [-0.39, 0.29) is 11.8 Å². The first kappa shape index (κ1) is 21.5. The maximum atomic E-state index is 14.5. The van der Waals surface area contributed by atoms with Gasteiger partial charge < -0.3 is 19.7 Å². The van der Waals surface area contributed by atoms with Gasteiger partial charge in [-0.2, -0.15) is 0 Å². The number of ether oxygens (including phenoxy) is 2. The number of methoxy groups -OCH3 is 2. The minimum atomic E-state index is -0.654. The highest BCUT2D eigenvalue weighted by Crippen LogP contribution is 2.40. The van der Waals surface area contributed by atoms with Crippen molar-refractivity contribution in [3.63, 3.8) is 0 Å². The highest BCUT2D eigenvalue weighted by atomic mass is 19.1. The number of carbonyl (C=O) groups is 1. The van der Waals surface area contributed by atoms with Crippen LogP contribution in [-0.4, -0.2) is 48.2 Å². The lowest BCUT2D eigenvalue weighted by atomic mass is 9.76. The average Bonchev–Trinajstić information content (AvgIpc) is 3.28. The molecule has 1 N–H and O–H groups in total. The Hall–Kier alpha value is -3.68. The molecule has 0 bridgehead atoms. The molecule has 3 aromatic rings. The molecule has 0 aliphatic carbocycles. The first-order valence-corrected chi connectivity index (χ1v) is 10.3. The molecule has 1 atom stereocenters. The zero-order valence-electron chi connectivity index (χ0n) is 18.3. The van der Waals surface area contributed by atoms with Gasteiger partial charge in [0.25, 0.3) is 0 Å². The Bertz CT molecular complexity index is 1130. The molecular formula is C24H25FN4O3. The molecular weight excluding hydrogens is 411 g/mol. The van der Waals surface area contributed by atoms with E-state index in [9.17, 15) is 9.18 Å². The lowest BCUT2D eigenvalue weighted by molar-refractivity contribution is 0.220. The number of aryl methyl sites for hydroxylation is 1. The van der Waals surface area contributed by atoms with Gasteiger partial charge in [-0.3, -0.25) is 9.97 Å². The topological polar surface area (TPSA) is 76.6 Å². The van der Waals surface area contributed by atoms with Crippen LogP contribution < -0.4 is 14.8 Å². The van der Waals surface area contributed by atoms with Crippen LogP contribution in [0.3, 0.4) is 0 Å². The van der Waals surface area contributed by atoms with Gasteiger partial charge in [-0.05, 0) is 42.7 Å². The summed E-state index contributed by atoms with van der Waals surface area (Å²) in [5.74, 6) is 0.848. The van der Waals surface area contributed by atoms with Crippen molar-refractivity contribution in [3.8, 4) is 11.5 Å². The van der Waals surface area contributed by atoms with Crippen molar-refractivity contribution in [3.05, 3.63) is 77.6 Å². The number of hydrogen-bond acceptors (Lipinski definition) is 5. The number of anilines is 1. The lowest BCUT2D eigenvalue weighted by Crippen LogP contribution is -2.38. The Kier molecular flexibility index (Phi) is 5.94. The van der Waals surface area contributed by atoms with Gasteiger partial charge in [0.05, 0.1) is 31.0 Å². The fraction of sp³-hybridized carbons (Fsp3) is 0.292. The normalized spacial score (nSPS) is 17.8. The highest BCUT2D eigenvalue weighted by molar-refractivity contribution is 5.91. The Morgan fingerprint density at radius 1 is 1.16 bits per heavy atom. The van der Waals surface area contributed by atoms with E-state index >= 15 is 0 Å². The van der Waals surface area contributed by atoms with Crippen LogP contribution in [0.25, 0.3) is 0 Å². The molecule has 32 heavy (non-hydrogen) atoms. The standard InChI is InChI=1S/C24H25FN4O3/c1-16-4-5-17(12-19(16)25)24(22-14-26-9-10-27-22)8-11-29(15-24)23(30)28-20-13-18(31-2)6-7-21(20)32-3/h4-7,9-10,12-14H,8,11,15H2,1-3H3,(H,28,30)/t24-/m0/s1. The van der Waals surface area contributed by atoms with Gasteiger partial charge >= 0.3 is 6.03 Å². The van der Waals surface area contributed by atoms with Crippen LogP contribution in [0.4, 0.5) is 14.9 Å². The summed E-state index contributed by atoms with van der Waals surface area (Å²) in [7, 11) is 3.10. The van der Waals surface area contributed by atoms with Gasteiger partial charge in [-0.1, -0.05) is 12.1 Å². The number of halogens is 1. The molecule has 166 valence electrons. The van der Waals surface area contributed by atoms with Gasteiger partial charge in [0.1, 0.15) is 17.3 Å². The second kappa shape index (κ2) is 8.82. The fourth-order valence-corrected chi connectivity index (χ4v) is 4.12. The number of carbonyl (C=O) groups excluding carboxylic acids is 1. The van der Waals surface area contributed by atoms with Gasteiger partial charge in [-0.25, -0.2) is 9.18 Å². The quantitative estimate of drug-likeness (QED) is 0.650. The summed E-state index contributed by atoms with van der Waals surface area (Å²) in [6.07, 6.45) is 5.49. The lowest BCUT2D eigenvalue weighted by Gasteiger charge is -2.29. The molecule has 0 unspecified atom stereocenters. The second-order valence-electron chi connectivity index (χ2n) is 7.80. The van der Waals surface area contributed by atoms with Crippen molar-refractivity contribution in [1.82, 2.24) is 14.9 Å². The molecule has 1 fully saturated rings. The Labute approximate surface area is 186 Å². The third-order valence-electron chi connectivity index (χ3n) is 5.98. The first-order valence-electron chi connectivity index (χ1n) is 10.3. The average molecular weight is 436 g/mol. The smallest absolute Gasteiger partial charge is 0.321 e. The number of amides is 2. The zero-order chi connectivity index (χ0) is 22.7.